The summed E-state index contributed by atoms with van der Waals surface area (Å²) < 4.78 is 38.5. The maximum Gasteiger partial charge on any atom is 0.391 e. The molecule has 1 fully saturated rings. The molecule has 1 aliphatic heterocycles. The predicted octanol–water partition coefficient (Wildman–Crippen LogP) is 3.73. The van der Waals surface area contributed by atoms with E-state index in [0.29, 0.717) is 12.8 Å². The Hall–Kier alpha value is -1.70. The van der Waals surface area contributed by atoms with Gasteiger partial charge >= 0.3 is 6.18 Å². The summed E-state index contributed by atoms with van der Waals surface area (Å²) in [5.41, 5.74) is 0.717. The number of hydrogen-bond donors (Lipinski definition) is 2. The van der Waals surface area contributed by atoms with Crippen LogP contribution in [0.25, 0.3) is 0 Å². The number of benzene rings is 1. The smallest absolute Gasteiger partial charge is 0.353 e. The minimum atomic E-state index is -4.22. The molecule has 1 heterocycles. The topological polar surface area (TPSA) is 58.2 Å². The fraction of sp³-hybridized carbons (Fsp3) is 0.529. The molecule has 0 aromatic heterocycles. The summed E-state index contributed by atoms with van der Waals surface area (Å²) in [6.45, 7) is 0. The number of rotatable bonds is 3. The third-order valence-electron chi connectivity index (χ3n) is 4.58. The first-order chi connectivity index (χ1) is 11.8. The zero-order valence-electron chi connectivity index (χ0n) is 13.4. The second-order valence-corrected chi connectivity index (χ2v) is 7.71. The van der Waals surface area contributed by atoms with Crippen molar-refractivity contribution in [3.05, 3.63) is 24.3 Å². The van der Waals surface area contributed by atoms with Gasteiger partial charge in [-0.1, -0.05) is 18.6 Å². The number of anilines is 1. The van der Waals surface area contributed by atoms with E-state index in [4.69, 9.17) is 0 Å². The number of amides is 2. The second-order valence-electron chi connectivity index (χ2n) is 6.47. The number of thioether (sulfide) groups is 1. The van der Waals surface area contributed by atoms with Crippen molar-refractivity contribution < 1.29 is 22.8 Å². The van der Waals surface area contributed by atoms with Gasteiger partial charge in [0, 0.05) is 17.4 Å². The minimum Gasteiger partial charge on any atom is -0.353 e. The quantitative estimate of drug-likeness (QED) is 0.850. The van der Waals surface area contributed by atoms with Crippen LogP contribution >= 0.6 is 11.8 Å². The molecule has 3 rings (SSSR count). The predicted molar refractivity (Wildman–Crippen MR) is 89.3 cm³/mol. The lowest BCUT2D eigenvalue weighted by Gasteiger charge is -2.31. The molecule has 1 saturated carbocycles. The Morgan fingerprint density at radius 1 is 1.28 bits per heavy atom. The van der Waals surface area contributed by atoms with Gasteiger partial charge in [0.05, 0.1) is 16.9 Å². The summed E-state index contributed by atoms with van der Waals surface area (Å²) in [7, 11) is 0. The number of hydrogen-bond acceptors (Lipinski definition) is 3. The molecule has 0 radical (unpaired) electrons. The number of para-hydroxylation sites is 1. The third kappa shape index (κ3) is 4.48. The Balaban J connectivity index is 1.55. The summed E-state index contributed by atoms with van der Waals surface area (Å²) >= 11 is 1.31. The van der Waals surface area contributed by atoms with Crippen molar-refractivity contribution >= 4 is 29.3 Å². The highest BCUT2D eigenvalue weighted by Gasteiger charge is 2.42. The van der Waals surface area contributed by atoms with Crippen molar-refractivity contribution in [1.82, 2.24) is 5.32 Å². The first kappa shape index (κ1) is 18.1. The van der Waals surface area contributed by atoms with Gasteiger partial charge in [0.25, 0.3) is 0 Å². The Kier molecular flexibility index (Phi) is 5.27. The van der Waals surface area contributed by atoms with Crippen molar-refractivity contribution in [2.45, 2.75) is 54.5 Å². The Labute approximate surface area is 147 Å². The molecular weight excluding hydrogens is 353 g/mol. The summed E-state index contributed by atoms with van der Waals surface area (Å²) in [6, 6.07) is 6.83. The maximum absolute atomic E-state index is 12.8. The Morgan fingerprint density at radius 3 is 2.80 bits per heavy atom. The van der Waals surface area contributed by atoms with Gasteiger partial charge in [-0.15, -0.1) is 11.8 Å². The zero-order valence-corrected chi connectivity index (χ0v) is 14.3. The van der Waals surface area contributed by atoms with Crippen molar-refractivity contribution in [2.75, 3.05) is 5.32 Å². The Morgan fingerprint density at radius 2 is 2.04 bits per heavy atom. The number of halogens is 3. The molecule has 2 N–H and O–H groups in total. The van der Waals surface area contributed by atoms with E-state index in [2.05, 4.69) is 10.6 Å². The van der Waals surface area contributed by atoms with Crippen LogP contribution in [-0.4, -0.2) is 29.3 Å². The van der Waals surface area contributed by atoms with Gasteiger partial charge in [0.2, 0.25) is 11.8 Å². The molecule has 0 spiro atoms. The lowest BCUT2D eigenvalue weighted by atomic mass is 9.85. The van der Waals surface area contributed by atoms with E-state index in [9.17, 15) is 22.8 Å². The zero-order chi connectivity index (χ0) is 18.0. The van der Waals surface area contributed by atoms with E-state index in [-0.39, 0.29) is 31.1 Å². The van der Waals surface area contributed by atoms with Gasteiger partial charge in [-0.2, -0.15) is 13.2 Å². The van der Waals surface area contributed by atoms with Crippen LogP contribution in [0.3, 0.4) is 0 Å². The Bertz CT molecular complexity index is 666. The maximum atomic E-state index is 12.8. The fourth-order valence-electron chi connectivity index (χ4n) is 3.30. The second kappa shape index (κ2) is 7.27. The van der Waals surface area contributed by atoms with Crippen molar-refractivity contribution in [3.63, 3.8) is 0 Å². The van der Waals surface area contributed by atoms with E-state index in [1.807, 2.05) is 18.2 Å². The SMILES string of the molecule is O=C(C[C@@H]1Sc2ccccc2NC1=O)N[C@H]1CCC[C@H](C(F)(F)F)C1. The lowest BCUT2D eigenvalue weighted by Crippen LogP contribution is -2.43. The van der Waals surface area contributed by atoms with E-state index < -0.39 is 23.4 Å². The molecule has 1 aliphatic carbocycles. The van der Waals surface area contributed by atoms with Crippen LogP contribution in [0.4, 0.5) is 18.9 Å². The van der Waals surface area contributed by atoms with Crippen molar-refractivity contribution in [3.8, 4) is 0 Å². The van der Waals surface area contributed by atoms with Crippen LogP contribution in [0, 0.1) is 5.92 Å². The van der Waals surface area contributed by atoms with Gasteiger partial charge in [-0.25, -0.2) is 0 Å². The normalized spacial score (nSPS) is 26.5. The number of carbonyl (C=O) groups is 2. The largest absolute Gasteiger partial charge is 0.391 e. The number of carbonyl (C=O) groups excluding carboxylic acids is 2. The lowest BCUT2D eigenvalue weighted by molar-refractivity contribution is -0.184. The molecule has 1 aromatic carbocycles. The summed E-state index contributed by atoms with van der Waals surface area (Å²) in [6.07, 6.45) is -3.23. The van der Waals surface area contributed by atoms with Gasteiger partial charge < -0.3 is 10.6 Å². The van der Waals surface area contributed by atoms with Crippen molar-refractivity contribution in [2.24, 2.45) is 5.92 Å². The molecule has 2 amide bonds. The van der Waals surface area contributed by atoms with E-state index in [1.165, 1.54) is 11.8 Å². The average Bonchev–Trinajstić information content (AvgIpc) is 2.55. The third-order valence-corrected chi connectivity index (χ3v) is 5.85. The first-order valence-electron chi connectivity index (χ1n) is 8.25. The summed E-state index contributed by atoms with van der Waals surface area (Å²) in [5.74, 6) is -1.98. The molecule has 0 unspecified atom stereocenters. The molecule has 2 aliphatic rings. The van der Waals surface area contributed by atoms with Crippen LogP contribution in [0.2, 0.25) is 0 Å². The molecule has 0 bridgehead atoms. The van der Waals surface area contributed by atoms with Gasteiger partial charge in [-0.05, 0) is 31.4 Å². The van der Waals surface area contributed by atoms with Crippen LogP contribution in [0.1, 0.15) is 32.1 Å². The first-order valence-corrected chi connectivity index (χ1v) is 9.13. The molecule has 25 heavy (non-hydrogen) atoms. The fourth-order valence-corrected chi connectivity index (χ4v) is 4.41. The van der Waals surface area contributed by atoms with E-state index in [0.717, 1.165) is 10.6 Å². The molecule has 3 atom stereocenters. The number of alkyl halides is 3. The highest BCUT2D eigenvalue weighted by atomic mass is 32.2. The molecule has 4 nitrogen and oxygen atoms in total. The van der Waals surface area contributed by atoms with Crippen LogP contribution < -0.4 is 10.6 Å². The number of fused-ring (bicyclic) bond motifs is 1. The monoisotopic (exact) mass is 372 g/mol. The molecular formula is C17H19F3N2O2S. The van der Waals surface area contributed by atoms with Gasteiger partial charge in [0.1, 0.15) is 0 Å². The molecule has 8 heteroatoms. The standard InChI is InChI=1S/C17H19F3N2O2S/c18-17(19,20)10-4-3-5-11(8-10)21-15(23)9-14-16(24)22-12-6-1-2-7-13(12)25-14/h1-2,6-7,10-11,14H,3-5,8-9H2,(H,21,23)(H,22,24)/t10-,11-,14-/m0/s1. The van der Waals surface area contributed by atoms with E-state index >= 15 is 0 Å². The summed E-state index contributed by atoms with van der Waals surface area (Å²) in [4.78, 5) is 25.2. The average molecular weight is 372 g/mol. The molecule has 136 valence electrons. The highest BCUT2D eigenvalue weighted by Crippen LogP contribution is 2.38. The van der Waals surface area contributed by atoms with Crippen molar-refractivity contribution in [1.29, 1.82) is 0 Å². The van der Waals surface area contributed by atoms with Gasteiger partial charge in [-0.3, -0.25) is 9.59 Å². The van der Waals surface area contributed by atoms with Crippen LogP contribution in [0.15, 0.2) is 29.2 Å². The van der Waals surface area contributed by atoms with Crippen LogP contribution in [0.5, 0.6) is 0 Å². The van der Waals surface area contributed by atoms with Crippen LogP contribution in [-0.2, 0) is 9.59 Å². The summed E-state index contributed by atoms with van der Waals surface area (Å²) in [5, 5.41) is 4.87. The van der Waals surface area contributed by atoms with Gasteiger partial charge in [0.15, 0.2) is 0 Å². The number of nitrogens with one attached hydrogen (secondary N) is 2. The highest BCUT2D eigenvalue weighted by molar-refractivity contribution is 8.01. The van der Waals surface area contributed by atoms with E-state index in [1.54, 1.807) is 6.07 Å². The molecule has 1 aromatic rings. The molecule has 0 saturated heterocycles. The minimum absolute atomic E-state index is 0.0436.